The lowest BCUT2D eigenvalue weighted by Gasteiger charge is -2.28. The number of ether oxygens (including phenoxy) is 1. The number of hydrogen-bond acceptors (Lipinski definition) is 4. The molecule has 1 amide bonds. The van der Waals surface area contributed by atoms with Crippen LogP contribution in [-0.4, -0.2) is 31.8 Å². The number of carbonyl (C=O) groups excluding carboxylic acids is 1. The van der Waals surface area contributed by atoms with Gasteiger partial charge < -0.3 is 10.1 Å². The standard InChI is InChI=1S/C24H23ClN2O4S/c1-2-31-23-6-4-3-5-22(23)24(28)26-20-10-7-17-13-14-27(16-18(17)15-20)32(29,30)21-11-8-19(25)9-12-21/h3-12,15H,2,13-14,16H2,1H3,(H,26,28). The summed E-state index contributed by atoms with van der Waals surface area (Å²) in [6.07, 6.45) is 0.601. The van der Waals surface area contributed by atoms with Gasteiger partial charge in [-0.2, -0.15) is 4.31 Å². The van der Waals surface area contributed by atoms with Crippen LogP contribution in [0.5, 0.6) is 5.75 Å². The van der Waals surface area contributed by atoms with Gasteiger partial charge in [0, 0.05) is 23.8 Å². The molecule has 0 saturated heterocycles. The van der Waals surface area contributed by atoms with Gasteiger partial charge in [-0.05, 0) is 73.0 Å². The molecule has 0 bridgehead atoms. The zero-order valence-corrected chi connectivity index (χ0v) is 19.1. The summed E-state index contributed by atoms with van der Waals surface area (Å²) in [4.78, 5) is 13.0. The number of hydrogen-bond donors (Lipinski definition) is 1. The maximum atomic E-state index is 13.1. The molecule has 4 rings (SSSR count). The number of nitrogens with zero attached hydrogens (tertiary/aromatic N) is 1. The first kappa shape index (κ1) is 22.3. The molecule has 0 spiro atoms. The minimum atomic E-state index is -3.64. The van der Waals surface area contributed by atoms with Gasteiger partial charge in [0.2, 0.25) is 10.0 Å². The zero-order chi connectivity index (χ0) is 22.7. The van der Waals surface area contributed by atoms with Gasteiger partial charge in [-0.25, -0.2) is 8.42 Å². The third-order valence-corrected chi connectivity index (χ3v) is 7.44. The van der Waals surface area contributed by atoms with Gasteiger partial charge in [0.25, 0.3) is 5.91 Å². The van der Waals surface area contributed by atoms with E-state index in [0.717, 1.165) is 11.1 Å². The smallest absolute Gasteiger partial charge is 0.259 e. The Morgan fingerprint density at radius 2 is 1.81 bits per heavy atom. The van der Waals surface area contributed by atoms with Crippen LogP contribution in [0.2, 0.25) is 5.02 Å². The molecule has 1 aliphatic heterocycles. The normalized spacial score (nSPS) is 13.9. The Kier molecular flexibility index (Phi) is 6.50. The molecule has 0 radical (unpaired) electrons. The van der Waals surface area contributed by atoms with Crippen molar-refractivity contribution in [2.75, 3.05) is 18.5 Å². The predicted molar refractivity (Wildman–Crippen MR) is 125 cm³/mol. The van der Waals surface area contributed by atoms with Crippen LogP contribution in [0.1, 0.15) is 28.4 Å². The lowest BCUT2D eigenvalue weighted by molar-refractivity contribution is 0.102. The van der Waals surface area contributed by atoms with E-state index in [9.17, 15) is 13.2 Å². The van der Waals surface area contributed by atoms with Crippen molar-refractivity contribution in [3.8, 4) is 5.75 Å². The first-order valence-corrected chi connectivity index (χ1v) is 12.1. The van der Waals surface area contributed by atoms with E-state index in [2.05, 4.69) is 5.32 Å². The third kappa shape index (κ3) is 4.65. The van der Waals surface area contributed by atoms with Crippen molar-refractivity contribution in [2.24, 2.45) is 0 Å². The number of sulfonamides is 1. The Hall–Kier alpha value is -2.87. The van der Waals surface area contributed by atoms with Gasteiger partial charge >= 0.3 is 0 Å². The highest BCUT2D eigenvalue weighted by molar-refractivity contribution is 7.89. The number of para-hydroxylation sites is 1. The molecule has 1 aliphatic rings. The van der Waals surface area contributed by atoms with E-state index < -0.39 is 10.0 Å². The van der Waals surface area contributed by atoms with E-state index in [0.29, 0.717) is 41.6 Å². The molecule has 0 aliphatic carbocycles. The summed E-state index contributed by atoms with van der Waals surface area (Å²) < 4.78 is 33.1. The van der Waals surface area contributed by atoms with Crippen molar-refractivity contribution in [3.05, 3.63) is 88.4 Å². The molecule has 6 nitrogen and oxygen atoms in total. The van der Waals surface area contributed by atoms with Crippen molar-refractivity contribution in [1.82, 2.24) is 4.31 Å². The fourth-order valence-corrected chi connectivity index (χ4v) is 5.25. The van der Waals surface area contributed by atoms with Crippen molar-refractivity contribution >= 4 is 33.2 Å². The van der Waals surface area contributed by atoms with Crippen LogP contribution < -0.4 is 10.1 Å². The maximum absolute atomic E-state index is 13.1. The van der Waals surface area contributed by atoms with E-state index in [4.69, 9.17) is 16.3 Å². The fourth-order valence-electron chi connectivity index (χ4n) is 3.70. The molecule has 0 unspecified atom stereocenters. The second-order valence-electron chi connectivity index (χ2n) is 7.41. The van der Waals surface area contributed by atoms with Crippen molar-refractivity contribution < 1.29 is 17.9 Å². The van der Waals surface area contributed by atoms with Gasteiger partial charge in [0.05, 0.1) is 17.1 Å². The van der Waals surface area contributed by atoms with Crippen molar-refractivity contribution in [3.63, 3.8) is 0 Å². The average Bonchev–Trinajstić information content (AvgIpc) is 2.79. The van der Waals surface area contributed by atoms with Crippen molar-refractivity contribution in [1.29, 1.82) is 0 Å². The second-order valence-corrected chi connectivity index (χ2v) is 9.78. The van der Waals surface area contributed by atoms with Gasteiger partial charge in [-0.15, -0.1) is 0 Å². The molecule has 0 saturated carbocycles. The second kappa shape index (κ2) is 9.32. The Morgan fingerprint density at radius 3 is 2.56 bits per heavy atom. The van der Waals surface area contributed by atoms with Gasteiger partial charge in [-0.3, -0.25) is 4.79 Å². The lowest BCUT2D eigenvalue weighted by atomic mass is 10.0. The molecule has 32 heavy (non-hydrogen) atoms. The first-order valence-electron chi connectivity index (χ1n) is 10.3. The van der Waals surface area contributed by atoms with E-state index >= 15 is 0 Å². The lowest BCUT2D eigenvalue weighted by Crippen LogP contribution is -2.36. The number of fused-ring (bicyclic) bond motifs is 1. The SMILES string of the molecule is CCOc1ccccc1C(=O)Nc1ccc2c(c1)CN(S(=O)(=O)c1ccc(Cl)cc1)CC2. The maximum Gasteiger partial charge on any atom is 0.259 e. The zero-order valence-electron chi connectivity index (χ0n) is 17.5. The molecule has 166 valence electrons. The van der Waals surface area contributed by atoms with Crippen LogP contribution in [-0.2, 0) is 23.0 Å². The van der Waals surface area contributed by atoms with Crippen molar-refractivity contribution in [2.45, 2.75) is 24.8 Å². The fraction of sp³-hybridized carbons (Fsp3) is 0.208. The van der Waals surface area contributed by atoms with Gasteiger partial charge in [-0.1, -0.05) is 29.8 Å². The number of rotatable bonds is 6. The summed E-state index contributed by atoms with van der Waals surface area (Å²) >= 11 is 5.89. The minimum Gasteiger partial charge on any atom is -0.493 e. The molecular weight excluding hydrogens is 448 g/mol. The molecule has 1 heterocycles. The van der Waals surface area contributed by atoms with Crippen LogP contribution in [0.3, 0.4) is 0 Å². The number of carbonyl (C=O) groups is 1. The predicted octanol–water partition coefficient (Wildman–Crippen LogP) is 4.74. The highest BCUT2D eigenvalue weighted by Gasteiger charge is 2.28. The molecule has 3 aromatic carbocycles. The molecule has 0 atom stereocenters. The number of halogens is 1. The monoisotopic (exact) mass is 470 g/mol. The minimum absolute atomic E-state index is 0.210. The van der Waals surface area contributed by atoms with Gasteiger partial charge in [0.1, 0.15) is 5.75 Å². The van der Waals surface area contributed by atoms with Crippen LogP contribution in [0.4, 0.5) is 5.69 Å². The molecule has 0 aromatic heterocycles. The summed E-state index contributed by atoms with van der Waals surface area (Å²) in [5.74, 6) is 0.237. The Morgan fingerprint density at radius 1 is 1.06 bits per heavy atom. The average molecular weight is 471 g/mol. The van der Waals surface area contributed by atoms with Crippen LogP contribution >= 0.6 is 11.6 Å². The van der Waals surface area contributed by atoms with Crippen LogP contribution in [0.15, 0.2) is 71.6 Å². The molecule has 1 N–H and O–H groups in total. The Bertz CT molecular complexity index is 1240. The van der Waals surface area contributed by atoms with E-state index in [1.807, 2.05) is 31.2 Å². The molecular formula is C24H23ClN2O4S. The summed E-state index contributed by atoms with van der Waals surface area (Å²) in [5.41, 5.74) is 2.98. The first-order chi connectivity index (χ1) is 15.4. The largest absolute Gasteiger partial charge is 0.493 e. The summed E-state index contributed by atoms with van der Waals surface area (Å²) in [5, 5.41) is 3.38. The number of benzene rings is 3. The quantitative estimate of drug-likeness (QED) is 0.564. The Labute approximate surface area is 192 Å². The Balaban J connectivity index is 1.54. The van der Waals surface area contributed by atoms with E-state index in [-0.39, 0.29) is 17.3 Å². The van der Waals surface area contributed by atoms with E-state index in [1.165, 1.54) is 16.4 Å². The number of amides is 1. The number of anilines is 1. The summed E-state index contributed by atoms with van der Waals surface area (Å²) in [6, 6.07) is 18.8. The topological polar surface area (TPSA) is 75.7 Å². The summed E-state index contributed by atoms with van der Waals surface area (Å²) in [7, 11) is -3.64. The highest BCUT2D eigenvalue weighted by Crippen LogP contribution is 2.28. The molecule has 8 heteroatoms. The molecule has 0 fully saturated rings. The van der Waals surface area contributed by atoms with Crippen LogP contribution in [0, 0.1) is 0 Å². The van der Waals surface area contributed by atoms with E-state index in [1.54, 1.807) is 30.3 Å². The van der Waals surface area contributed by atoms with Gasteiger partial charge in [0.15, 0.2) is 0 Å². The third-order valence-electron chi connectivity index (χ3n) is 5.32. The summed E-state index contributed by atoms with van der Waals surface area (Å²) in [6.45, 7) is 2.95. The highest BCUT2D eigenvalue weighted by atomic mass is 35.5. The molecule has 3 aromatic rings. The number of nitrogens with one attached hydrogen (secondary N) is 1. The van der Waals surface area contributed by atoms with Crippen LogP contribution in [0.25, 0.3) is 0 Å².